The van der Waals surface area contributed by atoms with Crippen LogP contribution >= 0.6 is 24.0 Å². The van der Waals surface area contributed by atoms with Gasteiger partial charge in [-0.15, -0.1) is 12.4 Å². The second-order valence-electron chi connectivity index (χ2n) is 7.09. The Morgan fingerprint density at radius 2 is 1.83 bits per heavy atom. The average molecular weight is 447 g/mol. The van der Waals surface area contributed by atoms with Crippen molar-refractivity contribution in [3.63, 3.8) is 0 Å². The maximum atomic E-state index is 12.7. The van der Waals surface area contributed by atoms with Crippen LogP contribution in [0.1, 0.15) is 22.5 Å². The zero-order chi connectivity index (χ0) is 20.2. The third-order valence-corrected chi connectivity index (χ3v) is 5.49. The van der Waals surface area contributed by atoms with Gasteiger partial charge in [0.15, 0.2) is 5.78 Å². The van der Waals surface area contributed by atoms with Gasteiger partial charge in [0.2, 0.25) is 0 Å². The lowest BCUT2D eigenvalue weighted by Crippen LogP contribution is -2.46. The van der Waals surface area contributed by atoms with Crippen molar-refractivity contribution in [2.24, 2.45) is 0 Å². The van der Waals surface area contributed by atoms with Crippen molar-refractivity contribution in [1.82, 2.24) is 24.6 Å². The number of nitrogens with zero attached hydrogens (tertiary/aromatic N) is 6. The first-order valence-electron chi connectivity index (χ1n) is 9.70. The molecule has 4 rings (SSSR count). The molecule has 0 aliphatic carbocycles. The Bertz CT molecular complexity index is 986. The van der Waals surface area contributed by atoms with E-state index in [0.717, 1.165) is 49.1 Å². The van der Waals surface area contributed by atoms with Crippen LogP contribution in [0.3, 0.4) is 0 Å². The fourth-order valence-electron chi connectivity index (χ4n) is 3.58. The lowest BCUT2D eigenvalue weighted by atomic mass is 10.1. The first-order valence-corrected chi connectivity index (χ1v) is 10.1. The normalized spacial score (nSPS) is 14.4. The van der Waals surface area contributed by atoms with Gasteiger partial charge in [-0.1, -0.05) is 17.7 Å². The van der Waals surface area contributed by atoms with Crippen molar-refractivity contribution >= 4 is 35.5 Å². The summed E-state index contributed by atoms with van der Waals surface area (Å²) in [5, 5.41) is 5.05. The third-order valence-electron chi connectivity index (χ3n) is 5.25. The minimum atomic E-state index is 0. The van der Waals surface area contributed by atoms with Crippen molar-refractivity contribution < 1.29 is 4.79 Å². The zero-order valence-electron chi connectivity index (χ0n) is 16.7. The van der Waals surface area contributed by atoms with Crippen LogP contribution in [0.15, 0.2) is 48.9 Å². The maximum absolute atomic E-state index is 12.7. The molecule has 9 heteroatoms. The Labute approximate surface area is 187 Å². The Hall–Kier alpha value is -2.48. The van der Waals surface area contributed by atoms with E-state index >= 15 is 0 Å². The molecule has 1 aliphatic heterocycles. The highest BCUT2D eigenvalue weighted by Gasteiger charge is 2.20. The number of anilines is 1. The summed E-state index contributed by atoms with van der Waals surface area (Å²) in [4.78, 5) is 25.8. The van der Waals surface area contributed by atoms with Gasteiger partial charge < -0.3 is 4.90 Å². The van der Waals surface area contributed by atoms with Gasteiger partial charge in [-0.3, -0.25) is 9.69 Å². The topological polar surface area (TPSA) is 67.2 Å². The van der Waals surface area contributed by atoms with Crippen molar-refractivity contribution in [2.45, 2.75) is 13.3 Å². The standard InChI is InChI=1S/C21H23ClN6O.ClH/c1-16-19(15-25-28(16)21-23-7-3-8-24-21)20(29)6-9-26-10-12-27(13-11-26)18-5-2-4-17(22)14-18;/h2-5,7-8,14-15H,6,9-13H2,1H3;1H. The fourth-order valence-corrected chi connectivity index (χ4v) is 3.77. The Morgan fingerprint density at radius 3 is 2.53 bits per heavy atom. The minimum absolute atomic E-state index is 0. The molecule has 1 aromatic carbocycles. The number of ketones is 1. The minimum Gasteiger partial charge on any atom is -0.369 e. The van der Waals surface area contributed by atoms with E-state index < -0.39 is 0 Å². The molecule has 1 fully saturated rings. The van der Waals surface area contributed by atoms with Gasteiger partial charge in [-0.2, -0.15) is 5.10 Å². The maximum Gasteiger partial charge on any atom is 0.250 e. The molecule has 0 atom stereocenters. The van der Waals surface area contributed by atoms with Crippen LogP contribution in [0, 0.1) is 6.92 Å². The zero-order valence-corrected chi connectivity index (χ0v) is 18.3. The SMILES string of the molecule is Cc1c(C(=O)CCN2CCN(c3cccc(Cl)c3)CC2)cnn1-c1ncccn1.Cl. The molecule has 3 aromatic rings. The number of halogens is 2. The molecular formula is C21H24Cl2N6O. The largest absolute Gasteiger partial charge is 0.369 e. The average Bonchev–Trinajstić information content (AvgIpc) is 3.14. The fraction of sp³-hybridized carbons (Fsp3) is 0.333. The molecule has 0 bridgehead atoms. The van der Waals surface area contributed by atoms with Crippen LogP contribution in [0.2, 0.25) is 5.02 Å². The number of hydrogen-bond acceptors (Lipinski definition) is 6. The number of carbonyl (C=O) groups is 1. The Balaban J connectivity index is 0.00000256. The molecule has 3 heterocycles. The van der Waals surface area contributed by atoms with E-state index in [4.69, 9.17) is 11.6 Å². The molecule has 158 valence electrons. The van der Waals surface area contributed by atoms with Crippen LogP contribution in [-0.2, 0) is 0 Å². The monoisotopic (exact) mass is 446 g/mol. The molecular weight excluding hydrogens is 423 g/mol. The van der Waals surface area contributed by atoms with Gasteiger partial charge in [0.05, 0.1) is 17.5 Å². The van der Waals surface area contributed by atoms with Gasteiger partial charge >= 0.3 is 0 Å². The molecule has 1 saturated heterocycles. The summed E-state index contributed by atoms with van der Waals surface area (Å²) in [6.45, 7) is 6.33. The van der Waals surface area contributed by atoms with Crippen molar-refractivity contribution in [3.8, 4) is 5.95 Å². The third kappa shape index (κ3) is 4.98. The van der Waals surface area contributed by atoms with Crippen LogP contribution in [0.25, 0.3) is 5.95 Å². The summed E-state index contributed by atoms with van der Waals surface area (Å²) in [5.74, 6) is 0.572. The summed E-state index contributed by atoms with van der Waals surface area (Å²) >= 11 is 6.10. The van der Waals surface area contributed by atoms with Crippen molar-refractivity contribution in [2.75, 3.05) is 37.6 Å². The molecule has 0 N–H and O–H groups in total. The number of rotatable bonds is 6. The number of carbonyl (C=O) groups excluding carboxylic acids is 1. The number of piperazine rings is 1. The smallest absolute Gasteiger partial charge is 0.250 e. The van der Waals surface area contributed by atoms with Crippen LogP contribution in [-0.4, -0.2) is 63.2 Å². The van der Waals surface area contributed by atoms with E-state index in [1.165, 1.54) is 0 Å². The van der Waals surface area contributed by atoms with Crippen molar-refractivity contribution in [3.05, 3.63) is 65.2 Å². The van der Waals surface area contributed by atoms with Gasteiger partial charge in [-0.25, -0.2) is 14.6 Å². The quantitative estimate of drug-likeness (QED) is 0.540. The first-order chi connectivity index (χ1) is 14.1. The van der Waals surface area contributed by atoms with Crippen molar-refractivity contribution in [1.29, 1.82) is 0 Å². The number of aromatic nitrogens is 4. The lowest BCUT2D eigenvalue weighted by molar-refractivity contribution is 0.0962. The Kier molecular flexibility index (Phi) is 7.42. The molecule has 7 nitrogen and oxygen atoms in total. The predicted molar refractivity (Wildman–Crippen MR) is 120 cm³/mol. The summed E-state index contributed by atoms with van der Waals surface area (Å²) in [7, 11) is 0. The summed E-state index contributed by atoms with van der Waals surface area (Å²) in [6, 6.07) is 9.70. The van der Waals surface area contributed by atoms with Crippen LogP contribution in [0.5, 0.6) is 0 Å². The molecule has 0 saturated carbocycles. The van der Waals surface area contributed by atoms with Gasteiger partial charge in [0.25, 0.3) is 5.95 Å². The molecule has 0 radical (unpaired) electrons. The van der Waals surface area contributed by atoms with E-state index in [1.807, 2.05) is 25.1 Å². The second kappa shape index (κ2) is 10.0. The van der Waals surface area contributed by atoms with E-state index in [0.29, 0.717) is 17.9 Å². The number of Topliss-reactive ketones (excluding diaryl/α,β-unsaturated/α-hetero) is 1. The van der Waals surface area contributed by atoms with Gasteiger partial charge in [0, 0.05) is 62.2 Å². The first kappa shape index (κ1) is 22.2. The van der Waals surface area contributed by atoms with Crippen LogP contribution in [0.4, 0.5) is 5.69 Å². The highest BCUT2D eigenvalue weighted by Crippen LogP contribution is 2.21. The summed E-state index contributed by atoms with van der Waals surface area (Å²) < 4.78 is 1.61. The molecule has 30 heavy (non-hydrogen) atoms. The highest BCUT2D eigenvalue weighted by atomic mass is 35.5. The summed E-state index contributed by atoms with van der Waals surface area (Å²) in [6.07, 6.45) is 5.41. The Morgan fingerprint density at radius 1 is 1.10 bits per heavy atom. The van der Waals surface area contributed by atoms with E-state index in [-0.39, 0.29) is 18.2 Å². The molecule has 0 amide bonds. The molecule has 2 aromatic heterocycles. The second-order valence-corrected chi connectivity index (χ2v) is 7.52. The molecule has 1 aliphatic rings. The molecule has 0 unspecified atom stereocenters. The van der Waals surface area contributed by atoms with Gasteiger partial charge in [-0.05, 0) is 31.2 Å². The van der Waals surface area contributed by atoms with Gasteiger partial charge in [0.1, 0.15) is 0 Å². The highest BCUT2D eigenvalue weighted by molar-refractivity contribution is 6.30. The van der Waals surface area contributed by atoms with E-state index in [1.54, 1.807) is 29.3 Å². The lowest BCUT2D eigenvalue weighted by Gasteiger charge is -2.36. The van der Waals surface area contributed by atoms with E-state index in [2.05, 4.69) is 30.9 Å². The predicted octanol–water partition coefficient (Wildman–Crippen LogP) is 3.44. The number of hydrogen-bond donors (Lipinski definition) is 0. The summed E-state index contributed by atoms with van der Waals surface area (Å²) in [5.41, 5.74) is 2.56. The van der Waals surface area contributed by atoms with E-state index in [9.17, 15) is 4.79 Å². The van der Waals surface area contributed by atoms with Crippen LogP contribution < -0.4 is 4.90 Å². The molecule has 0 spiro atoms. The number of benzene rings is 1.